The summed E-state index contributed by atoms with van der Waals surface area (Å²) in [5, 5.41) is 3.43. The first kappa shape index (κ1) is 12.1. The van der Waals surface area contributed by atoms with Gasteiger partial charge in [-0.05, 0) is 36.6 Å². The Balaban J connectivity index is 2.21. The molecule has 1 aromatic carbocycles. The van der Waals surface area contributed by atoms with Gasteiger partial charge in [-0.15, -0.1) is 0 Å². The molecule has 0 radical (unpaired) electrons. The van der Waals surface area contributed by atoms with E-state index >= 15 is 0 Å². The van der Waals surface area contributed by atoms with Gasteiger partial charge in [0.05, 0.1) is 0 Å². The fourth-order valence-corrected chi connectivity index (χ4v) is 2.41. The van der Waals surface area contributed by atoms with Crippen molar-refractivity contribution >= 4 is 5.57 Å². The fourth-order valence-electron chi connectivity index (χ4n) is 2.41. The fraction of sp³-hybridized carbons (Fsp3) is 0.429. The Kier molecular flexibility index (Phi) is 3.50. The van der Waals surface area contributed by atoms with Crippen molar-refractivity contribution in [3.05, 3.63) is 41.6 Å². The lowest BCUT2D eigenvalue weighted by Gasteiger charge is -2.23. The highest BCUT2D eigenvalue weighted by molar-refractivity contribution is 5.63. The van der Waals surface area contributed by atoms with Crippen molar-refractivity contribution in [2.75, 3.05) is 13.1 Å². The first-order valence-corrected chi connectivity index (χ1v) is 6.10. The monoisotopic (exact) mass is 231 g/mol. The van der Waals surface area contributed by atoms with Crippen molar-refractivity contribution in [2.24, 2.45) is 5.84 Å². The number of allylic oxidation sites excluding steroid dienone is 1. The van der Waals surface area contributed by atoms with Crippen LogP contribution in [-0.4, -0.2) is 13.1 Å². The van der Waals surface area contributed by atoms with Crippen LogP contribution in [0.2, 0.25) is 0 Å². The van der Waals surface area contributed by atoms with Crippen LogP contribution in [0, 0.1) is 0 Å². The molecule has 1 unspecified atom stereocenters. The number of hydrogen-bond acceptors (Lipinski definition) is 3. The normalized spacial score (nSPS) is 25.0. The van der Waals surface area contributed by atoms with Crippen LogP contribution >= 0.6 is 0 Å². The van der Waals surface area contributed by atoms with Crippen LogP contribution in [-0.2, 0) is 5.41 Å². The summed E-state index contributed by atoms with van der Waals surface area (Å²) in [6.45, 7) is 6.57. The van der Waals surface area contributed by atoms with E-state index in [9.17, 15) is 0 Å². The highest BCUT2D eigenvalue weighted by Crippen LogP contribution is 2.30. The predicted octanol–water partition coefficient (Wildman–Crippen LogP) is 1.76. The number of nitrogens with two attached hydrogens (primary N) is 1. The summed E-state index contributed by atoms with van der Waals surface area (Å²) >= 11 is 0. The number of benzene rings is 1. The van der Waals surface area contributed by atoms with Gasteiger partial charge in [0.15, 0.2) is 0 Å². The minimum absolute atomic E-state index is 0.294. The zero-order valence-electron chi connectivity index (χ0n) is 10.6. The number of nitrogens with one attached hydrogen (secondary N) is 2. The molecule has 4 N–H and O–H groups in total. The van der Waals surface area contributed by atoms with Crippen LogP contribution < -0.4 is 16.6 Å². The summed E-state index contributed by atoms with van der Waals surface area (Å²) in [6.07, 6.45) is 3.03. The van der Waals surface area contributed by atoms with Crippen LogP contribution in [0.3, 0.4) is 0 Å². The molecule has 0 aliphatic carbocycles. The van der Waals surface area contributed by atoms with Crippen LogP contribution in [0.4, 0.5) is 0 Å². The van der Waals surface area contributed by atoms with Crippen LogP contribution in [0.1, 0.15) is 31.4 Å². The standard InChI is InChI=1S/C14H21N3/c1-11(9-17-15)12-3-5-13(6-4-12)14(2)7-8-16-10-14/h3-6,9,16-17H,7-8,10,15H2,1-2H3/b11-9+. The first-order valence-electron chi connectivity index (χ1n) is 6.10. The molecule has 1 aromatic rings. The maximum atomic E-state index is 5.28. The molecule has 0 aromatic heterocycles. The summed E-state index contributed by atoms with van der Waals surface area (Å²) in [5.74, 6) is 5.28. The maximum Gasteiger partial charge on any atom is 0.0158 e. The second-order valence-corrected chi connectivity index (χ2v) is 5.06. The molecular formula is C14H21N3. The summed E-state index contributed by atoms with van der Waals surface area (Å²) in [5.41, 5.74) is 6.64. The Morgan fingerprint density at radius 1 is 1.41 bits per heavy atom. The van der Waals surface area contributed by atoms with E-state index in [0.29, 0.717) is 5.41 Å². The van der Waals surface area contributed by atoms with Gasteiger partial charge in [0, 0.05) is 18.2 Å². The lowest BCUT2D eigenvalue weighted by Crippen LogP contribution is -2.24. The molecule has 0 saturated carbocycles. The van der Waals surface area contributed by atoms with Crippen molar-refractivity contribution in [3.8, 4) is 0 Å². The summed E-state index contributed by atoms with van der Waals surface area (Å²) in [4.78, 5) is 0. The van der Waals surface area contributed by atoms with Gasteiger partial charge in [0.25, 0.3) is 0 Å². The molecule has 3 heteroatoms. The van der Waals surface area contributed by atoms with Gasteiger partial charge in [0.2, 0.25) is 0 Å². The molecule has 17 heavy (non-hydrogen) atoms. The van der Waals surface area contributed by atoms with E-state index in [4.69, 9.17) is 5.84 Å². The van der Waals surface area contributed by atoms with Gasteiger partial charge in [-0.1, -0.05) is 31.2 Å². The maximum absolute atomic E-state index is 5.28. The Morgan fingerprint density at radius 3 is 2.65 bits per heavy atom. The summed E-state index contributed by atoms with van der Waals surface area (Å²) in [7, 11) is 0. The number of hydrogen-bond donors (Lipinski definition) is 3. The van der Waals surface area contributed by atoms with Gasteiger partial charge in [-0.2, -0.15) is 0 Å². The van der Waals surface area contributed by atoms with Crippen molar-refractivity contribution in [1.29, 1.82) is 0 Å². The first-order chi connectivity index (χ1) is 8.15. The van der Waals surface area contributed by atoms with E-state index in [1.165, 1.54) is 17.5 Å². The SMILES string of the molecule is C/C(=C\NN)c1ccc(C2(C)CCNC2)cc1. The predicted molar refractivity (Wildman–Crippen MR) is 72.3 cm³/mol. The average Bonchev–Trinajstić information content (AvgIpc) is 2.78. The van der Waals surface area contributed by atoms with E-state index in [1.807, 2.05) is 13.1 Å². The van der Waals surface area contributed by atoms with Crippen molar-refractivity contribution < 1.29 is 0 Å². The Bertz CT molecular complexity index is 400. The molecule has 92 valence electrons. The molecule has 1 heterocycles. The van der Waals surface area contributed by atoms with E-state index < -0.39 is 0 Å². The van der Waals surface area contributed by atoms with Crippen LogP contribution in [0.25, 0.3) is 5.57 Å². The highest BCUT2D eigenvalue weighted by atomic mass is 15.2. The molecule has 2 rings (SSSR count). The summed E-state index contributed by atoms with van der Waals surface area (Å²) in [6, 6.07) is 8.80. The minimum atomic E-state index is 0.294. The molecule has 3 nitrogen and oxygen atoms in total. The second-order valence-electron chi connectivity index (χ2n) is 5.06. The molecule has 1 saturated heterocycles. The van der Waals surface area contributed by atoms with E-state index in [2.05, 4.69) is 41.9 Å². The third-order valence-electron chi connectivity index (χ3n) is 3.71. The molecule has 1 aliphatic rings. The second kappa shape index (κ2) is 4.90. The van der Waals surface area contributed by atoms with Crippen LogP contribution in [0.15, 0.2) is 30.5 Å². The third kappa shape index (κ3) is 2.51. The Hall–Kier alpha value is -1.32. The Morgan fingerprint density at radius 2 is 2.12 bits per heavy atom. The topological polar surface area (TPSA) is 50.1 Å². The molecule has 0 bridgehead atoms. The lowest BCUT2D eigenvalue weighted by atomic mass is 9.81. The quantitative estimate of drug-likeness (QED) is 0.549. The Labute approximate surface area is 103 Å². The summed E-state index contributed by atoms with van der Waals surface area (Å²) < 4.78 is 0. The van der Waals surface area contributed by atoms with Gasteiger partial charge >= 0.3 is 0 Å². The van der Waals surface area contributed by atoms with Gasteiger partial charge < -0.3 is 10.7 Å². The van der Waals surface area contributed by atoms with Crippen molar-refractivity contribution in [2.45, 2.75) is 25.7 Å². The molecule has 1 fully saturated rings. The zero-order chi connectivity index (χ0) is 12.3. The molecule has 0 amide bonds. The largest absolute Gasteiger partial charge is 0.331 e. The smallest absolute Gasteiger partial charge is 0.0158 e. The lowest BCUT2D eigenvalue weighted by molar-refractivity contribution is 0.525. The highest BCUT2D eigenvalue weighted by Gasteiger charge is 2.30. The van der Waals surface area contributed by atoms with E-state index in [-0.39, 0.29) is 0 Å². The van der Waals surface area contributed by atoms with Crippen molar-refractivity contribution in [3.63, 3.8) is 0 Å². The van der Waals surface area contributed by atoms with Gasteiger partial charge in [-0.3, -0.25) is 5.84 Å². The molecule has 1 aliphatic heterocycles. The van der Waals surface area contributed by atoms with Gasteiger partial charge in [0.1, 0.15) is 0 Å². The number of hydrazine groups is 1. The average molecular weight is 231 g/mol. The molecule has 1 atom stereocenters. The minimum Gasteiger partial charge on any atom is -0.331 e. The molecular weight excluding hydrogens is 210 g/mol. The van der Waals surface area contributed by atoms with Crippen LogP contribution in [0.5, 0.6) is 0 Å². The van der Waals surface area contributed by atoms with E-state index in [1.54, 1.807) is 0 Å². The number of rotatable bonds is 3. The van der Waals surface area contributed by atoms with Gasteiger partial charge in [-0.25, -0.2) is 0 Å². The third-order valence-corrected chi connectivity index (χ3v) is 3.71. The van der Waals surface area contributed by atoms with E-state index in [0.717, 1.165) is 18.7 Å². The van der Waals surface area contributed by atoms with Crippen molar-refractivity contribution in [1.82, 2.24) is 10.7 Å². The molecule has 0 spiro atoms. The zero-order valence-corrected chi connectivity index (χ0v) is 10.6.